The van der Waals surface area contributed by atoms with Gasteiger partial charge in [0.15, 0.2) is 0 Å². The summed E-state index contributed by atoms with van der Waals surface area (Å²) in [6, 6.07) is 14.1. The zero-order chi connectivity index (χ0) is 22.0. The summed E-state index contributed by atoms with van der Waals surface area (Å²) in [6.07, 6.45) is 5.57. The van der Waals surface area contributed by atoms with Crippen LogP contribution in [0.4, 0.5) is 11.4 Å². The molecule has 1 aliphatic carbocycles. The van der Waals surface area contributed by atoms with E-state index in [4.69, 9.17) is 11.6 Å². The summed E-state index contributed by atoms with van der Waals surface area (Å²) in [5.74, 6) is -1.18. The van der Waals surface area contributed by atoms with Crippen molar-refractivity contribution in [3.05, 3.63) is 70.4 Å². The summed E-state index contributed by atoms with van der Waals surface area (Å²) >= 11 is 6.20. The van der Waals surface area contributed by atoms with E-state index < -0.39 is 11.8 Å². The van der Waals surface area contributed by atoms with Gasteiger partial charge < -0.3 is 10.6 Å². The van der Waals surface area contributed by atoms with Crippen molar-refractivity contribution in [1.82, 2.24) is 5.32 Å². The first kappa shape index (κ1) is 21.1. The van der Waals surface area contributed by atoms with Crippen LogP contribution in [0.3, 0.4) is 0 Å². The van der Waals surface area contributed by atoms with Gasteiger partial charge in [-0.05, 0) is 55.7 Å². The number of aryl methyl sites for hydroxylation is 1. The molecule has 2 N–H and O–H groups in total. The number of nitrogens with zero attached hydrogens (tertiary/aromatic N) is 1. The molecule has 4 rings (SSSR count). The number of benzene rings is 2. The lowest BCUT2D eigenvalue weighted by Gasteiger charge is -2.22. The predicted octanol–water partition coefficient (Wildman–Crippen LogP) is 4.49. The molecule has 0 aromatic heterocycles. The van der Waals surface area contributed by atoms with Crippen LogP contribution in [0.5, 0.6) is 0 Å². The van der Waals surface area contributed by atoms with Crippen LogP contribution < -0.4 is 15.5 Å². The molecule has 31 heavy (non-hydrogen) atoms. The van der Waals surface area contributed by atoms with Crippen LogP contribution in [0.1, 0.15) is 48.0 Å². The maximum atomic E-state index is 12.9. The zero-order valence-electron chi connectivity index (χ0n) is 17.3. The Morgan fingerprint density at radius 1 is 0.968 bits per heavy atom. The van der Waals surface area contributed by atoms with E-state index in [0.717, 1.165) is 36.1 Å². The molecule has 1 heterocycles. The van der Waals surface area contributed by atoms with Crippen LogP contribution in [-0.4, -0.2) is 23.8 Å². The van der Waals surface area contributed by atoms with E-state index in [1.54, 1.807) is 36.4 Å². The lowest BCUT2D eigenvalue weighted by atomic mass is 9.95. The number of halogens is 1. The van der Waals surface area contributed by atoms with E-state index in [1.807, 2.05) is 19.1 Å². The normalized spacial score (nSPS) is 17.3. The number of imide groups is 1. The average Bonchev–Trinajstić information content (AvgIpc) is 2.98. The molecule has 0 saturated heterocycles. The van der Waals surface area contributed by atoms with Crippen LogP contribution in [0.25, 0.3) is 0 Å². The Morgan fingerprint density at radius 3 is 2.32 bits per heavy atom. The minimum absolute atomic E-state index is 0.0225. The highest BCUT2D eigenvalue weighted by molar-refractivity contribution is 6.53. The molecule has 0 unspecified atom stereocenters. The number of hydrogen-bond acceptors (Lipinski definition) is 4. The topological polar surface area (TPSA) is 78.5 Å². The van der Waals surface area contributed by atoms with Gasteiger partial charge in [-0.1, -0.05) is 49.1 Å². The number of carbonyl (C=O) groups excluding carboxylic acids is 3. The highest BCUT2D eigenvalue weighted by Crippen LogP contribution is 2.31. The standard InChI is InChI=1S/C24H24ClN3O3/c1-15-7-5-6-10-19(15)28-23(30)20(25)21(24(28)31)26-18-13-11-16(12-14-18)22(29)27-17-8-3-2-4-9-17/h5-7,10-14,17,26H,2-4,8-9H2,1H3,(H,27,29). The molecule has 1 saturated carbocycles. The van der Waals surface area contributed by atoms with E-state index in [1.165, 1.54) is 6.42 Å². The Kier molecular flexibility index (Phi) is 6.09. The Morgan fingerprint density at radius 2 is 1.65 bits per heavy atom. The lowest BCUT2D eigenvalue weighted by molar-refractivity contribution is -0.120. The molecule has 160 valence electrons. The summed E-state index contributed by atoms with van der Waals surface area (Å²) < 4.78 is 0. The maximum absolute atomic E-state index is 12.9. The largest absolute Gasteiger partial charge is 0.350 e. The summed E-state index contributed by atoms with van der Waals surface area (Å²) in [6.45, 7) is 1.83. The van der Waals surface area contributed by atoms with Gasteiger partial charge in [0.25, 0.3) is 17.7 Å². The third kappa shape index (κ3) is 4.35. The van der Waals surface area contributed by atoms with Gasteiger partial charge in [-0.25, -0.2) is 4.90 Å². The molecule has 2 aromatic carbocycles. The van der Waals surface area contributed by atoms with Crippen molar-refractivity contribution in [3.8, 4) is 0 Å². The van der Waals surface area contributed by atoms with Crippen molar-refractivity contribution >= 4 is 40.7 Å². The second kappa shape index (κ2) is 8.94. The maximum Gasteiger partial charge on any atom is 0.283 e. The molecule has 3 amide bonds. The van der Waals surface area contributed by atoms with Gasteiger partial charge in [-0.15, -0.1) is 0 Å². The highest BCUT2D eigenvalue weighted by atomic mass is 35.5. The third-order valence-corrected chi connectivity index (χ3v) is 6.09. The van der Waals surface area contributed by atoms with E-state index in [0.29, 0.717) is 16.9 Å². The quantitative estimate of drug-likeness (QED) is 0.675. The summed E-state index contributed by atoms with van der Waals surface area (Å²) in [7, 11) is 0. The van der Waals surface area contributed by atoms with Crippen LogP contribution in [0.15, 0.2) is 59.3 Å². The number of para-hydroxylation sites is 1. The molecule has 0 radical (unpaired) electrons. The fraction of sp³-hybridized carbons (Fsp3) is 0.292. The number of nitrogens with one attached hydrogen (secondary N) is 2. The molecule has 0 atom stereocenters. The predicted molar refractivity (Wildman–Crippen MR) is 121 cm³/mol. The summed E-state index contributed by atoms with van der Waals surface area (Å²) in [5, 5.41) is 5.86. The second-order valence-corrected chi connectivity index (χ2v) is 8.31. The fourth-order valence-corrected chi connectivity index (χ4v) is 4.22. The third-order valence-electron chi connectivity index (χ3n) is 5.74. The molecule has 0 bridgehead atoms. The number of amides is 3. The molecule has 6 nitrogen and oxygen atoms in total. The molecule has 0 spiro atoms. The number of carbonyl (C=O) groups is 3. The van der Waals surface area contributed by atoms with Gasteiger partial charge in [-0.2, -0.15) is 0 Å². The molecular formula is C24H24ClN3O3. The van der Waals surface area contributed by atoms with Gasteiger partial charge in [0.05, 0.1) is 5.69 Å². The minimum atomic E-state index is -0.563. The number of hydrogen-bond donors (Lipinski definition) is 2. The first-order chi connectivity index (χ1) is 15.0. The molecule has 1 fully saturated rings. The van der Waals surface area contributed by atoms with Crippen molar-refractivity contribution in [2.75, 3.05) is 10.2 Å². The summed E-state index contributed by atoms with van der Waals surface area (Å²) in [5.41, 5.74) is 2.43. The lowest BCUT2D eigenvalue weighted by Crippen LogP contribution is -2.36. The highest BCUT2D eigenvalue weighted by Gasteiger charge is 2.39. The Labute approximate surface area is 186 Å². The van der Waals surface area contributed by atoms with Crippen molar-refractivity contribution in [1.29, 1.82) is 0 Å². The van der Waals surface area contributed by atoms with Crippen molar-refractivity contribution in [2.45, 2.75) is 45.1 Å². The van der Waals surface area contributed by atoms with Crippen molar-refractivity contribution in [2.24, 2.45) is 0 Å². The minimum Gasteiger partial charge on any atom is -0.350 e. The second-order valence-electron chi connectivity index (χ2n) is 7.93. The van der Waals surface area contributed by atoms with Crippen molar-refractivity contribution < 1.29 is 14.4 Å². The van der Waals surface area contributed by atoms with E-state index in [9.17, 15) is 14.4 Å². The van der Waals surface area contributed by atoms with Gasteiger partial charge >= 0.3 is 0 Å². The van der Waals surface area contributed by atoms with E-state index >= 15 is 0 Å². The molecular weight excluding hydrogens is 414 g/mol. The fourth-order valence-electron chi connectivity index (χ4n) is 4.01. The number of rotatable bonds is 5. The van der Waals surface area contributed by atoms with Crippen LogP contribution in [-0.2, 0) is 9.59 Å². The van der Waals surface area contributed by atoms with Crippen LogP contribution >= 0.6 is 11.6 Å². The monoisotopic (exact) mass is 437 g/mol. The molecule has 2 aliphatic rings. The van der Waals surface area contributed by atoms with Crippen LogP contribution in [0.2, 0.25) is 0 Å². The summed E-state index contributed by atoms with van der Waals surface area (Å²) in [4.78, 5) is 39.1. The van der Waals surface area contributed by atoms with Gasteiger partial charge in [0, 0.05) is 17.3 Å². The zero-order valence-corrected chi connectivity index (χ0v) is 18.0. The smallest absolute Gasteiger partial charge is 0.283 e. The Bertz CT molecular complexity index is 1060. The van der Waals surface area contributed by atoms with Crippen LogP contribution in [0, 0.1) is 6.92 Å². The van der Waals surface area contributed by atoms with E-state index in [-0.39, 0.29) is 22.7 Å². The molecule has 2 aromatic rings. The Balaban J connectivity index is 1.46. The van der Waals surface area contributed by atoms with Gasteiger partial charge in [-0.3, -0.25) is 14.4 Å². The molecule has 1 aliphatic heterocycles. The first-order valence-electron chi connectivity index (χ1n) is 10.5. The van der Waals surface area contributed by atoms with E-state index in [2.05, 4.69) is 10.6 Å². The van der Waals surface area contributed by atoms with Gasteiger partial charge in [0.1, 0.15) is 10.7 Å². The van der Waals surface area contributed by atoms with Gasteiger partial charge in [0.2, 0.25) is 0 Å². The first-order valence-corrected chi connectivity index (χ1v) is 10.9. The average molecular weight is 438 g/mol. The Hall–Kier alpha value is -3.12. The SMILES string of the molecule is Cc1ccccc1N1C(=O)C(Cl)=C(Nc2ccc(C(=O)NC3CCCCC3)cc2)C1=O. The number of anilines is 2. The molecule has 7 heteroatoms. The van der Waals surface area contributed by atoms with Crippen molar-refractivity contribution in [3.63, 3.8) is 0 Å².